The molecule has 0 aliphatic rings. The molecule has 1 heterocycles. The average molecular weight is 380 g/mol. The first-order valence-corrected chi connectivity index (χ1v) is 10.0. The van der Waals surface area contributed by atoms with Crippen LogP contribution in [0.4, 0.5) is 4.39 Å². The number of halogens is 1. The molecule has 0 saturated heterocycles. The lowest BCUT2D eigenvalue weighted by Gasteiger charge is -2.15. The Bertz CT molecular complexity index is 1070. The molecule has 1 aromatic heterocycles. The highest BCUT2D eigenvalue weighted by atomic mass is 32.2. The van der Waals surface area contributed by atoms with E-state index in [4.69, 9.17) is 0 Å². The Kier molecular flexibility index (Phi) is 4.77. The van der Waals surface area contributed by atoms with Crippen molar-refractivity contribution in [2.75, 3.05) is 0 Å². The average Bonchev–Trinajstić information content (AvgIpc) is 2.89. The lowest BCUT2D eigenvalue weighted by Crippen LogP contribution is -2.26. The lowest BCUT2D eigenvalue weighted by molar-refractivity contribution is 0.566. The summed E-state index contributed by atoms with van der Waals surface area (Å²) < 4.78 is 43.1. The maximum absolute atomic E-state index is 13.0. The van der Waals surface area contributed by atoms with Gasteiger partial charge in [-0.15, -0.1) is 0 Å². The molecule has 1 N–H and O–H groups in total. The fourth-order valence-corrected chi connectivity index (χ4v) is 4.96. The zero-order chi connectivity index (χ0) is 18.2. The minimum Gasteiger partial charge on any atom is -0.299 e. The predicted molar refractivity (Wildman–Crippen MR) is 96.9 cm³/mol. The van der Waals surface area contributed by atoms with Gasteiger partial charge in [0.15, 0.2) is 0 Å². The van der Waals surface area contributed by atoms with Crippen LogP contribution in [0.15, 0.2) is 52.2 Å². The van der Waals surface area contributed by atoms with E-state index in [0.29, 0.717) is 16.8 Å². The standard InChI is InChI=1S/C17H17FN2O3S2/c1-3-20-15-9-8-14(10-16(15)24-17(20)21)25(22,23)19-11(2)12-4-6-13(18)7-5-12/h4-11,19H,3H2,1-2H3/t11-/m0/s1. The highest BCUT2D eigenvalue weighted by Gasteiger charge is 2.20. The molecule has 5 nitrogen and oxygen atoms in total. The molecule has 2 aromatic carbocycles. The van der Waals surface area contributed by atoms with E-state index in [1.807, 2.05) is 6.92 Å². The van der Waals surface area contributed by atoms with Gasteiger partial charge in [0.25, 0.3) is 0 Å². The Morgan fingerprint density at radius 3 is 2.52 bits per heavy atom. The van der Waals surface area contributed by atoms with Crippen molar-refractivity contribution >= 4 is 31.6 Å². The van der Waals surface area contributed by atoms with Crippen molar-refractivity contribution in [3.8, 4) is 0 Å². The molecule has 132 valence electrons. The maximum atomic E-state index is 13.0. The van der Waals surface area contributed by atoms with Crippen LogP contribution in [0.5, 0.6) is 0 Å². The summed E-state index contributed by atoms with van der Waals surface area (Å²) in [6.07, 6.45) is 0. The minimum absolute atomic E-state index is 0.0958. The number of sulfonamides is 1. The summed E-state index contributed by atoms with van der Waals surface area (Å²) in [5.74, 6) is -0.375. The third-order valence-electron chi connectivity index (χ3n) is 3.97. The monoisotopic (exact) mass is 380 g/mol. The topological polar surface area (TPSA) is 68.2 Å². The van der Waals surface area contributed by atoms with Gasteiger partial charge in [0, 0.05) is 12.6 Å². The maximum Gasteiger partial charge on any atom is 0.308 e. The van der Waals surface area contributed by atoms with Gasteiger partial charge in [0.1, 0.15) is 5.82 Å². The Balaban J connectivity index is 1.92. The van der Waals surface area contributed by atoms with Crippen molar-refractivity contribution in [3.05, 3.63) is 63.5 Å². The molecule has 0 amide bonds. The second kappa shape index (κ2) is 6.70. The molecule has 8 heteroatoms. The highest BCUT2D eigenvalue weighted by Crippen LogP contribution is 2.23. The number of benzene rings is 2. The SMILES string of the molecule is CCn1c(=O)sc2cc(S(=O)(=O)N[C@@H](C)c3ccc(F)cc3)ccc21. The predicted octanol–water partition coefficient (Wildman–Crippen LogP) is 3.26. The molecule has 0 spiro atoms. The van der Waals surface area contributed by atoms with Crippen LogP contribution in [0.25, 0.3) is 10.2 Å². The van der Waals surface area contributed by atoms with E-state index in [-0.39, 0.29) is 15.6 Å². The van der Waals surface area contributed by atoms with Gasteiger partial charge < -0.3 is 0 Å². The van der Waals surface area contributed by atoms with Crippen molar-refractivity contribution in [1.29, 1.82) is 0 Å². The van der Waals surface area contributed by atoms with Gasteiger partial charge >= 0.3 is 4.87 Å². The van der Waals surface area contributed by atoms with E-state index in [0.717, 1.165) is 16.9 Å². The first-order chi connectivity index (χ1) is 11.8. The molecule has 0 bridgehead atoms. The number of thiazole rings is 1. The van der Waals surface area contributed by atoms with Gasteiger partial charge in [-0.3, -0.25) is 9.36 Å². The molecule has 1 atom stereocenters. The smallest absolute Gasteiger partial charge is 0.299 e. The summed E-state index contributed by atoms with van der Waals surface area (Å²) in [6, 6.07) is 9.79. The molecule has 25 heavy (non-hydrogen) atoms. The van der Waals surface area contributed by atoms with Crippen LogP contribution in [0.3, 0.4) is 0 Å². The Morgan fingerprint density at radius 1 is 1.20 bits per heavy atom. The first-order valence-electron chi connectivity index (χ1n) is 7.73. The van der Waals surface area contributed by atoms with Gasteiger partial charge in [0.2, 0.25) is 10.0 Å². The van der Waals surface area contributed by atoms with E-state index < -0.39 is 16.1 Å². The first kappa shape index (κ1) is 17.8. The van der Waals surface area contributed by atoms with Crippen LogP contribution >= 0.6 is 11.3 Å². The summed E-state index contributed by atoms with van der Waals surface area (Å²) in [5.41, 5.74) is 1.39. The normalized spacial score (nSPS) is 13.2. The van der Waals surface area contributed by atoms with Crippen LogP contribution in [-0.4, -0.2) is 13.0 Å². The molecule has 0 radical (unpaired) electrons. The molecule has 0 saturated carbocycles. The molecule has 0 fully saturated rings. The largest absolute Gasteiger partial charge is 0.308 e. The molecular weight excluding hydrogens is 363 g/mol. The Labute approximate surface area is 148 Å². The summed E-state index contributed by atoms with van der Waals surface area (Å²) in [7, 11) is -3.77. The number of rotatable bonds is 5. The molecule has 3 rings (SSSR count). The van der Waals surface area contributed by atoms with Crippen molar-refractivity contribution in [1.82, 2.24) is 9.29 Å². The number of hydrogen-bond donors (Lipinski definition) is 1. The Hall–Kier alpha value is -2.03. The van der Waals surface area contributed by atoms with E-state index >= 15 is 0 Å². The van der Waals surface area contributed by atoms with Gasteiger partial charge in [-0.2, -0.15) is 0 Å². The van der Waals surface area contributed by atoms with Crippen LogP contribution in [0.2, 0.25) is 0 Å². The van der Waals surface area contributed by atoms with Gasteiger partial charge in [-0.05, 0) is 49.7 Å². The number of nitrogens with zero attached hydrogens (tertiary/aromatic N) is 1. The molecular formula is C17H17FN2O3S2. The van der Waals surface area contributed by atoms with Crippen LogP contribution in [0, 0.1) is 5.82 Å². The quantitative estimate of drug-likeness (QED) is 0.739. The van der Waals surface area contributed by atoms with E-state index in [9.17, 15) is 17.6 Å². The number of fused-ring (bicyclic) bond motifs is 1. The number of aryl methyl sites for hydroxylation is 1. The van der Waals surface area contributed by atoms with E-state index in [2.05, 4.69) is 4.72 Å². The van der Waals surface area contributed by atoms with Gasteiger partial charge in [-0.1, -0.05) is 23.5 Å². The van der Waals surface area contributed by atoms with Crippen molar-refractivity contribution in [3.63, 3.8) is 0 Å². The zero-order valence-corrected chi connectivity index (χ0v) is 15.3. The van der Waals surface area contributed by atoms with Crippen LogP contribution in [-0.2, 0) is 16.6 Å². The van der Waals surface area contributed by atoms with Crippen molar-refractivity contribution < 1.29 is 12.8 Å². The summed E-state index contributed by atoms with van der Waals surface area (Å²) in [5, 5.41) is 0. The highest BCUT2D eigenvalue weighted by molar-refractivity contribution is 7.89. The number of hydrogen-bond acceptors (Lipinski definition) is 4. The summed E-state index contributed by atoms with van der Waals surface area (Å²) in [4.78, 5) is 11.9. The second-order valence-electron chi connectivity index (χ2n) is 5.64. The third-order valence-corrected chi connectivity index (χ3v) is 6.45. The van der Waals surface area contributed by atoms with E-state index in [1.165, 1.54) is 24.3 Å². The second-order valence-corrected chi connectivity index (χ2v) is 8.34. The summed E-state index contributed by atoms with van der Waals surface area (Å²) >= 11 is 1.02. The fourth-order valence-electron chi connectivity index (χ4n) is 2.63. The Morgan fingerprint density at radius 2 is 1.88 bits per heavy atom. The van der Waals surface area contributed by atoms with Crippen molar-refractivity contribution in [2.45, 2.75) is 31.3 Å². The van der Waals surface area contributed by atoms with Crippen LogP contribution in [0.1, 0.15) is 25.5 Å². The molecule has 3 aromatic rings. The van der Waals surface area contributed by atoms with Gasteiger partial charge in [0.05, 0.1) is 15.1 Å². The van der Waals surface area contributed by atoms with Crippen molar-refractivity contribution in [2.24, 2.45) is 0 Å². The third kappa shape index (κ3) is 3.51. The molecule has 0 unspecified atom stereocenters. The van der Waals surface area contributed by atoms with E-state index in [1.54, 1.807) is 29.7 Å². The lowest BCUT2D eigenvalue weighted by atomic mass is 10.1. The van der Waals surface area contributed by atoms with Gasteiger partial charge in [-0.25, -0.2) is 17.5 Å². The summed E-state index contributed by atoms with van der Waals surface area (Å²) in [6.45, 7) is 4.09. The molecule has 0 aliphatic heterocycles. The minimum atomic E-state index is -3.77. The number of aromatic nitrogens is 1. The van der Waals surface area contributed by atoms with Crippen LogP contribution < -0.4 is 9.60 Å². The zero-order valence-electron chi connectivity index (χ0n) is 13.7. The fraction of sp³-hybridized carbons (Fsp3) is 0.235. The molecule has 0 aliphatic carbocycles. The number of nitrogens with one attached hydrogen (secondary N) is 1.